The zero-order valence-corrected chi connectivity index (χ0v) is 19.9. The quantitative estimate of drug-likeness (QED) is 0.368. The molecule has 1 aromatic carbocycles. The van der Waals surface area contributed by atoms with Gasteiger partial charge in [-0.05, 0) is 65.0 Å². The molecule has 0 amide bonds. The van der Waals surface area contributed by atoms with Crippen molar-refractivity contribution in [1.82, 2.24) is 15.1 Å². The summed E-state index contributed by atoms with van der Waals surface area (Å²) in [6.07, 6.45) is 7.26. The molecule has 3 aliphatic heterocycles. The molecule has 2 fully saturated rings. The number of hydrogen-bond donors (Lipinski definition) is 2. The van der Waals surface area contributed by atoms with Crippen LogP contribution >= 0.6 is 24.0 Å². The fourth-order valence-corrected chi connectivity index (χ4v) is 4.93. The molecule has 6 nitrogen and oxygen atoms in total. The molecule has 1 unspecified atom stereocenters. The van der Waals surface area contributed by atoms with Gasteiger partial charge < -0.3 is 20.7 Å². The second-order valence-corrected chi connectivity index (χ2v) is 8.65. The van der Waals surface area contributed by atoms with E-state index in [0.29, 0.717) is 12.6 Å². The van der Waals surface area contributed by atoms with Gasteiger partial charge in [-0.1, -0.05) is 24.6 Å². The van der Waals surface area contributed by atoms with Crippen LogP contribution in [-0.4, -0.2) is 67.7 Å². The van der Waals surface area contributed by atoms with E-state index in [4.69, 9.17) is 15.5 Å². The third-order valence-corrected chi connectivity index (χ3v) is 6.77. The van der Waals surface area contributed by atoms with Gasteiger partial charge in [0.15, 0.2) is 5.96 Å². The van der Waals surface area contributed by atoms with Gasteiger partial charge in [-0.2, -0.15) is 0 Å². The lowest BCUT2D eigenvalue weighted by molar-refractivity contribution is 0.0208. The molecule has 7 heteroatoms. The number of nitrogens with two attached hydrogens (primary N) is 1. The maximum Gasteiger partial charge on any atom is 0.189 e. The molecule has 3 heterocycles. The minimum Gasteiger partial charge on any atom is -0.493 e. The van der Waals surface area contributed by atoms with Crippen molar-refractivity contribution in [3.8, 4) is 5.75 Å². The summed E-state index contributed by atoms with van der Waals surface area (Å²) in [7, 11) is 2.22. The van der Waals surface area contributed by atoms with E-state index < -0.39 is 0 Å². The summed E-state index contributed by atoms with van der Waals surface area (Å²) in [6, 6.07) is 8.39. The summed E-state index contributed by atoms with van der Waals surface area (Å²) in [5, 5.41) is 3.46. The Bertz CT molecular complexity index is 684. The minimum atomic E-state index is 0. The zero-order chi connectivity index (χ0) is 19.4. The van der Waals surface area contributed by atoms with Crippen molar-refractivity contribution < 1.29 is 4.74 Å². The van der Waals surface area contributed by atoms with Gasteiger partial charge in [-0.3, -0.25) is 9.89 Å². The fourth-order valence-electron chi connectivity index (χ4n) is 4.93. The van der Waals surface area contributed by atoms with Crippen molar-refractivity contribution in [1.29, 1.82) is 0 Å². The number of aliphatic imine (C=N–C) groups is 1. The Balaban J connectivity index is 0.00000240. The molecular formula is C22H36IN5O. The summed E-state index contributed by atoms with van der Waals surface area (Å²) in [4.78, 5) is 10.0. The standard InChI is InChI=1S/C22H35N5O.HI/c1-26-14-10-22(11-15-26,27-12-5-2-6-13-27)17-24-21(23)25-19-9-16-28-20-8-4-3-7-18(19)20;/h3-4,7-8,19H,2,5-6,9-17H2,1H3,(H3,23,24,25);1H. The van der Waals surface area contributed by atoms with Crippen LogP contribution in [0.1, 0.15) is 50.1 Å². The Kier molecular flexibility index (Phi) is 8.04. The van der Waals surface area contributed by atoms with Crippen LogP contribution < -0.4 is 15.8 Å². The van der Waals surface area contributed by atoms with Gasteiger partial charge >= 0.3 is 0 Å². The lowest BCUT2D eigenvalue weighted by Crippen LogP contribution is -2.58. The molecule has 2 saturated heterocycles. The number of nitrogens with zero attached hydrogens (tertiary/aromatic N) is 3. The molecule has 0 saturated carbocycles. The third-order valence-electron chi connectivity index (χ3n) is 6.77. The topological polar surface area (TPSA) is 66.1 Å². The van der Waals surface area contributed by atoms with E-state index in [1.807, 2.05) is 12.1 Å². The largest absolute Gasteiger partial charge is 0.493 e. The molecule has 0 aromatic heterocycles. The van der Waals surface area contributed by atoms with Crippen molar-refractivity contribution in [2.24, 2.45) is 10.7 Å². The monoisotopic (exact) mass is 513 g/mol. The number of guanidine groups is 1. The molecule has 3 aliphatic rings. The molecule has 0 radical (unpaired) electrons. The van der Waals surface area contributed by atoms with Gasteiger partial charge in [0.2, 0.25) is 0 Å². The number of para-hydroxylation sites is 1. The second kappa shape index (κ2) is 10.3. The van der Waals surface area contributed by atoms with E-state index in [9.17, 15) is 0 Å². The molecule has 4 rings (SSSR count). The van der Waals surface area contributed by atoms with Crippen LogP contribution in [0, 0.1) is 0 Å². The van der Waals surface area contributed by atoms with Gasteiger partial charge in [0.25, 0.3) is 0 Å². The highest BCUT2D eigenvalue weighted by molar-refractivity contribution is 14.0. The van der Waals surface area contributed by atoms with Crippen LogP contribution in [0.3, 0.4) is 0 Å². The molecule has 3 N–H and O–H groups in total. The smallest absolute Gasteiger partial charge is 0.189 e. The predicted molar refractivity (Wildman–Crippen MR) is 129 cm³/mol. The average molecular weight is 513 g/mol. The molecule has 0 aliphatic carbocycles. The molecule has 1 aromatic rings. The number of benzene rings is 1. The van der Waals surface area contributed by atoms with Crippen LogP contribution in [0.15, 0.2) is 29.3 Å². The number of piperidine rings is 2. The second-order valence-electron chi connectivity index (χ2n) is 8.65. The maximum atomic E-state index is 6.36. The van der Waals surface area contributed by atoms with E-state index >= 15 is 0 Å². The minimum absolute atomic E-state index is 0. The fraction of sp³-hybridized carbons (Fsp3) is 0.682. The number of fused-ring (bicyclic) bond motifs is 1. The SMILES string of the molecule is CN1CCC(CN=C(N)NC2CCOc3ccccc32)(N2CCCCC2)CC1.I. The third kappa shape index (κ3) is 5.35. The highest BCUT2D eigenvalue weighted by Crippen LogP contribution is 2.33. The number of rotatable bonds is 4. The first-order chi connectivity index (χ1) is 13.7. The maximum absolute atomic E-state index is 6.36. The Morgan fingerprint density at radius 2 is 1.90 bits per heavy atom. The van der Waals surface area contributed by atoms with Gasteiger partial charge in [0, 0.05) is 17.5 Å². The van der Waals surface area contributed by atoms with Crippen LogP contribution in [0.2, 0.25) is 0 Å². The van der Waals surface area contributed by atoms with Crippen LogP contribution in [-0.2, 0) is 0 Å². The van der Waals surface area contributed by atoms with Crippen molar-refractivity contribution >= 4 is 29.9 Å². The molecular weight excluding hydrogens is 477 g/mol. The first-order valence-electron chi connectivity index (χ1n) is 10.9. The van der Waals surface area contributed by atoms with Crippen LogP contribution in [0.4, 0.5) is 0 Å². The summed E-state index contributed by atoms with van der Waals surface area (Å²) < 4.78 is 5.76. The van der Waals surface area contributed by atoms with Gasteiger partial charge in [0.05, 0.1) is 19.2 Å². The molecule has 29 heavy (non-hydrogen) atoms. The molecule has 0 bridgehead atoms. The Morgan fingerprint density at radius 1 is 1.17 bits per heavy atom. The first-order valence-corrected chi connectivity index (χ1v) is 10.9. The Labute approximate surface area is 192 Å². The van der Waals surface area contributed by atoms with E-state index in [2.05, 4.69) is 34.3 Å². The average Bonchev–Trinajstić information content (AvgIpc) is 2.75. The normalized spacial score (nSPS) is 25.4. The number of ether oxygens (including phenoxy) is 1. The Hall–Kier alpha value is -1.06. The number of hydrogen-bond acceptors (Lipinski definition) is 4. The van der Waals surface area contributed by atoms with Crippen LogP contribution in [0.25, 0.3) is 0 Å². The predicted octanol–water partition coefficient (Wildman–Crippen LogP) is 2.98. The van der Waals surface area contributed by atoms with Crippen LogP contribution in [0.5, 0.6) is 5.75 Å². The van der Waals surface area contributed by atoms with Crippen molar-refractivity contribution in [2.45, 2.75) is 50.1 Å². The first kappa shape index (κ1) is 22.6. The van der Waals surface area contributed by atoms with E-state index in [-0.39, 0.29) is 35.6 Å². The Morgan fingerprint density at radius 3 is 2.66 bits per heavy atom. The highest BCUT2D eigenvalue weighted by atomic mass is 127. The number of nitrogens with one attached hydrogen (secondary N) is 1. The number of likely N-dealkylation sites (tertiary alicyclic amines) is 2. The molecule has 1 atom stereocenters. The number of halogens is 1. The molecule has 0 spiro atoms. The zero-order valence-electron chi connectivity index (χ0n) is 17.6. The lowest BCUT2D eigenvalue weighted by Gasteiger charge is -2.49. The summed E-state index contributed by atoms with van der Waals surface area (Å²) >= 11 is 0. The lowest BCUT2D eigenvalue weighted by atomic mass is 9.84. The molecule has 162 valence electrons. The summed E-state index contributed by atoms with van der Waals surface area (Å²) in [5.74, 6) is 1.52. The summed E-state index contributed by atoms with van der Waals surface area (Å²) in [5.41, 5.74) is 7.71. The summed E-state index contributed by atoms with van der Waals surface area (Å²) in [6.45, 7) is 6.22. The van der Waals surface area contributed by atoms with Crippen molar-refractivity contribution in [3.05, 3.63) is 29.8 Å². The van der Waals surface area contributed by atoms with Crippen molar-refractivity contribution in [2.75, 3.05) is 46.4 Å². The van der Waals surface area contributed by atoms with E-state index in [0.717, 1.165) is 31.8 Å². The van der Waals surface area contributed by atoms with Gasteiger partial charge in [-0.15, -0.1) is 24.0 Å². The van der Waals surface area contributed by atoms with E-state index in [1.165, 1.54) is 50.8 Å². The van der Waals surface area contributed by atoms with E-state index in [1.54, 1.807) is 0 Å². The van der Waals surface area contributed by atoms with Crippen molar-refractivity contribution in [3.63, 3.8) is 0 Å². The van der Waals surface area contributed by atoms with Gasteiger partial charge in [-0.25, -0.2) is 0 Å². The highest BCUT2D eigenvalue weighted by Gasteiger charge is 2.39. The van der Waals surface area contributed by atoms with Gasteiger partial charge in [0.1, 0.15) is 5.75 Å².